The molecule has 8 heteroatoms. The Labute approximate surface area is 128 Å². The van der Waals surface area contributed by atoms with Gasteiger partial charge in [0.1, 0.15) is 17.1 Å². The predicted octanol–water partition coefficient (Wildman–Crippen LogP) is 4.39. The first-order valence-electron chi connectivity index (χ1n) is 5.53. The molecule has 0 unspecified atom stereocenters. The molecule has 0 aromatic heterocycles. The van der Waals surface area contributed by atoms with Gasteiger partial charge >= 0.3 is 5.97 Å². The zero-order valence-electron chi connectivity index (χ0n) is 10.2. The van der Waals surface area contributed by atoms with Crippen molar-refractivity contribution in [1.29, 1.82) is 0 Å². The predicted molar refractivity (Wildman–Crippen MR) is 76.6 cm³/mol. The second-order valence-electron chi connectivity index (χ2n) is 3.92. The van der Waals surface area contributed by atoms with Gasteiger partial charge in [0, 0.05) is 18.2 Å². The van der Waals surface area contributed by atoms with E-state index in [0.717, 1.165) is 12.1 Å². The van der Waals surface area contributed by atoms with Crippen molar-refractivity contribution in [3.8, 4) is 11.5 Å². The number of nitrogens with zero attached hydrogens (tertiary/aromatic N) is 1. The largest absolute Gasteiger partial charge is 0.477 e. The van der Waals surface area contributed by atoms with E-state index in [1.54, 1.807) is 0 Å². The van der Waals surface area contributed by atoms with Crippen LogP contribution in [0.25, 0.3) is 0 Å². The Hall–Kier alpha value is -2.31. The molecule has 0 saturated carbocycles. The van der Waals surface area contributed by atoms with Crippen molar-refractivity contribution < 1.29 is 19.6 Å². The average molecular weight is 328 g/mol. The summed E-state index contributed by atoms with van der Waals surface area (Å²) in [6.07, 6.45) is 0. The van der Waals surface area contributed by atoms with E-state index in [2.05, 4.69) is 0 Å². The monoisotopic (exact) mass is 327 g/mol. The Balaban J connectivity index is 2.36. The van der Waals surface area contributed by atoms with Gasteiger partial charge in [0.05, 0.1) is 15.0 Å². The van der Waals surface area contributed by atoms with Crippen LogP contribution in [0.15, 0.2) is 36.4 Å². The Kier molecular flexibility index (Phi) is 4.30. The molecule has 0 aliphatic heterocycles. The van der Waals surface area contributed by atoms with E-state index >= 15 is 0 Å². The van der Waals surface area contributed by atoms with Crippen LogP contribution in [-0.2, 0) is 0 Å². The highest BCUT2D eigenvalue weighted by Gasteiger charge is 2.20. The lowest BCUT2D eigenvalue weighted by atomic mass is 10.1. The zero-order valence-corrected chi connectivity index (χ0v) is 11.8. The van der Waals surface area contributed by atoms with E-state index in [1.165, 1.54) is 24.3 Å². The Bertz CT molecular complexity index is 732. The molecule has 21 heavy (non-hydrogen) atoms. The molecule has 0 aliphatic carbocycles. The summed E-state index contributed by atoms with van der Waals surface area (Å²) in [5, 5.41) is 20.4. The van der Waals surface area contributed by atoms with E-state index in [1.807, 2.05) is 0 Å². The lowest BCUT2D eigenvalue weighted by Gasteiger charge is -2.07. The van der Waals surface area contributed by atoms with Gasteiger partial charge in [-0.15, -0.1) is 0 Å². The molecule has 2 aromatic rings. The number of carboxylic acid groups (broad SMARTS) is 1. The lowest BCUT2D eigenvalue weighted by molar-refractivity contribution is -0.385. The van der Waals surface area contributed by atoms with Gasteiger partial charge in [-0.25, -0.2) is 4.79 Å². The molecule has 0 aliphatic rings. The van der Waals surface area contributed by atoms with Crippen molar-refractivity contribution in [3.63, 3.8) is 0 Å². The summed E-state index contributed by atoms with van der Waals surface area (Å²) in [7, 11) is 0. The second-order valence-corrected chi connectivity index (χ2v) is 4.73. The van der Waals surface area contributed by atoms with Gasteiger partial charge in [-0.05, 0) is 18.2 Å². The minimum absolute atomic E-state index is 0.136. The number of hydrogen-bond acceptors (Lipinski definition) is 4. The summed E-state index contributed by atoms with van der Waals surface area (Å²) in [4.78, 5) is 21.0. The van der Waals surface area contributed by atoms with Gasteiger partial charge in [0.15, 0.2) is 0 Å². The zero-order chi connectivity index (χ0) is 15.6. The third-order valence-electron chi connectivity index (χ3n) is 2.52. The van der Waals surface area contributed by atoms with E-state index in [-0.39, 0.29) is 10.8 Å². The number of carbonyl (C=O) groups is 1. The summed E-state index contributed by atoms with van der Waals surface area (Å²) in [5.74, 6) is -0.952. The van der Waals surface area contributed by atoms with E-state index in [4.69, 9.17) is 33.0 Å². The van der Waals surface area contributed by atoms with Crippen LogP contribution in [-0.4, -0.2) is 16.0 Å². The average Bonchev–Trinajstić information content (AvgIpc) is 2.42. The Morgan fingerprint density at radius 2 is 1.71 bits per heavy atom. The second kappa shape index (κ2) is 5.99. The smallest absolute Gasteiger partial charge is 0.342 e. The standard InChI is InChI=1S/C13H7Cl2NO5/c14-10-3-1-8(6-11(10)15)21-7-2-4-12(16(19)20)9(5-7)13(17)18/h1-6H,(H,17,18). The third kappa shape index (κ3) is 3.42. The maximum absolute atomic E-state index is 11.0. The van der Waals surface area contributed by atoms with Gasteiger partial charge < -0.3 is 9.84 Å². The minimum atomic E-state index is -1.42. The minimum Gasteiger partial charge on any atom is -0.477 e. The highest BCUT2D eigenvalue weighted by Crippen LogP contribution is 2.31. The van der Waals surface area contributed by atoms with Gasteiger partial charge in [-0.3, -0.25) is 10.1 Å². The molecule has 0 atom stereocenters. The first-order valence-corrected chi connectivity index (χ1v) is 6.28. The van der Waals surface area contributed by atoms with Gasteiger partial charge in [-0.2, -0.15) is 0 Å². The molecule has 2 rings (SSSR count). The van der Waals surface area contributed by atoms with Crippen molar-refractivity contribution in [1.82, 2.24) is 0 Å². The maximum Gasteiger partial charge on any atom is 0.342 e. The number of ether oxygens (including phenoxy) is 1. The molecular formula is C13H7Cl2NO5. The number of nitro groups is 1. The van der Waals surface area contributed by atoms with Crippen molar-refractivity contribution in [3.05, 3.63) is 62.1 Å². The number of rotatable bonds is 4. The summed E-state index contributed by atoms with van der Waals surface area (Å²) >= 11 is 11.6. The lowest BCUT2D eigenvalue weighted by Crippen LogP contribution is -2.02. The van der Waals surface area contributed by atoms with Crippen LogP contribution in [0.3, 0.4) is 0 Å². The first-order chi connectivity index (χ1) is 9.88. The van der Waals surface area contributed by atoms with Crippen molar-refractivity contribution in [2.24, 2.45) is 0 Å². The number of halogens is 2. The number of nitro benzene ring substituents is 1. The normalized spacial score (nSPS) is 10.2. The van der Waals surface area contributed by atoms with Crippen LogP contribution in [0.5, 0.6) is 11.5 Å². The third-order valence-corrected chi connectivity index (χ3v) is 3.26. The quantitative estimate of drug-likeness (QED) is 0.664. The Morgan fingerprint density at radius 1 is 1.10 bits per heavy atom. The van der Waals surface area contributed by atoms with E-state index < -0.39 is 22.1 Å². The topological polar surface area (TPSA) is 89.7 Å². The fraction of sp³-hybridized carbons (Fsp3) is 0. The summed E-state index contributed by atoms with van der Waals surface area (Å²) in [6, 6.07) is 7.94. The molecule has 108 valence electrons. The molecule has 0 saturated heterocycles. The van der Waals surface area contributed by atoms with Crippen LogP contribution >= 0.6 is 23.2 Å². The molecule has 0 amide bonds. The first kappa shape index (κ1) is 15.1. The van der Waals surface area contributed by atoms with E-state index in [9.17, 15) is 14.9 Å². The van der Waals surface area contributed by atoms with Gasteiger partial charge in [0.25, 0.3) is 5.69 Å². The maximum atomic E-state index is 11.0. The van der Waals surface area contributed by atoms with E-state index in [0.29, 0.717) is 10.8 Å². The number of hydrogen-bond donors (Lipinski definition) is 1. The molecule has 0 heterocycles. The highest BCUT2D eigenvalue weighted by molar-refractivity contribution is 6.42. The molecular weight excluding hydrogens is 321 g/mol. The number of carboxylic acids is 1. The molecule has 6 nitrogen and oxygen atoms in total. The van der Waals surface area contributed by atoms with Crippen molar-refractivity contribution in [2.45, 2.75) is 0 Å². The fourth-order valence-corrected chi connectivity index (χ4v) is 1.87. The van der Waals surface area contributed by atoms with Crippen LogP contribution in [0.2, 0.25) is 10.0 Å². The molecule has 0 radical (unpaired) electrons. The molecule has 0 spiro atoms. The van der Waals surface area contributed by atoms with Crippen LogP contribution in [0, 0.1) is 10.1 Å². The Morgan fingerprint density at radius 3 is 2.29 bits per heavy atom. The van der Waals surface area contributed by atoms with Gasteiger partial charge in [-0.1, -0.05) is 23.2 Å². The summed E-state index contributed by atoms with van der Waals surface area (Å²) in [5.41, 5.74) is -0.971. The number of aromatic carboxylic acids is 1. The highest BCUT2D eigenvalue weighted by atomic mass is 35.5. The summed E-state index contributed by atoms with van der Waals surface area (Å²) < 4.78 is 5.41. The van der Waals surface area contributed by atoms with Crippen LogP contribution in [0.1, 0.15) is 10.4 Å². The van der Waals surface area contributed by atoms with Crippen molar-refractivity contribution >= 4 is 34.9 Å². The molecule has 0 fully saturated rings. The van der Waals surface area contributed by atoms with Crippen LogP contribution < -0.4 is 4.74 Å². The van der Waals surface area contributed by atoms with Crippen molar-refractivity contribution in [2.75, 3.05) is 0 Å². The molecule has 2 aromatic carbocycles. The fourth-order valence-electron chi connectivity index (χ4n) is 1.59. The number of benzene rings is 2. The molecule has 1 N–H and O–H groups in total. The van der Waals surface area contributed by atoms with Gasteiger partial charge in [0.2, 0.25) is 0 Å². The van der Waals surface area contributed by atoms with Crippen LogP contribution in [0.4, 0.5) is 5.69 Å². The SMILES string of the molecule is O=C(O)c1cc(Oc2ccc(Cl)c(Cl)c2)ccc1[N+](=O)[O-]. The molecule has 0 bridgehead atoms. The summed E-state index contributed by atoms with van der Waals surface area (Å²) in [6.45, 7) is 0.